The van der Waals surface area contributed by atoms with Crippen LogP contribution in [-0.2, 0) is 9.59 Å². The van der Waals surface area contributed by atoms with E-state index in [1.54, 1.807) is 16.7 Å². The van der Waals surface area contributed by atoms with Gasteiger partial charge in [0.05, 0.1) is 0 Å². The van der Waals surface area contributed by atoms with Gasteiger partial charge in [0, 0.05) is 36.5 Å². The standard InChI is InChI=1S/C15H20N2O2S/c1-2-20-11-9-14(18)16-12-5-7-13(8-6-12)17-10-3-4-15(17)19/h5-8H,2-4,9-11H2,1H3,(H,16,18). The molecule has 1 aromatic carbocycles. The number of hydrogen-bond donors (Lipinski definition) is 1. The van der Waals surface area contributed by atoms with Crippen LogP contribution in [0.25, 0.3) is 0 Å². The third-order valence-corrected chi connectivity index (χ3v) is 4.11. The molecule has 1 fully saturated rings. The van der Waals surface area contributed by atoms with E-state index in [1.807, 2.05) is 24.3 Å². The van der Waals surface area contributed by atoms with Gasteiger partial charge in [0.2, 0.25) is 11.8 Å². The number of nitrogens with one attached hydrogen (secondary N) is 1. The smallest absolute Gasteiger partial charge is 0.227 e. The van der Waals surface area contributed by atoms with Crippen molar-refractivity contribution in [1.82, 2.24) is 0 Å². The Morgan fingerprint density at radius 1 is 1.35 bits per heavy atom. The summed E-state index contributed by atoms with van der Waals surface area (Å²) in [4.78, 5) is 25.1. The number of anilines is 2. The highest BCUT2D eigenvalue weighted by molar-refractivity contribution is 7.99. The van der Waals surface area contributed by atoms with Crippen LogP contribution in [0.5, 0.6) is 0 Å². The molecular formula is C15H20N2O2S. The van der Waals surface area contributed by atoms with Gasteiger partial charge in [-0.2, -0.15) is 11.8 Å². The molecule has 0 aliphatic carbocycles. The number of carbonyl (C=O) groups is 2. The molecule has 4 nitrogen and oxygen atoms in total. The van der Waals surface area contributed by atoms with Gasteiger partial charge in [0.25, 0.3) is 0 Å². The molecule has 2 amide bonds. The molecule has 1 aliphatic heterocycles. The minimum absolute atomic E-state index is 0.0379. The van der Waals surface area contributed by atoms with E-state index in [4.69, 9.17) is 0 Å². The summed E-state index contributed by atoms with van der Waals surface area (Å²) in [5, 5.41) is 2.87. The van der Waals surface area contributed by atoms with E-state index in [2.05, 4.69) is 12.2 Å². The predicted molar refractivity (Wildman–Crippen MR) is 84.3 cm³/mol. The molecule has 1 aliphatic rings. The summed E-state index contributed by atoms with van der Waals surface area (Å²) in [5.74, 6) is 2.10. The van der Waals surface area contributed by atoms with Crippen LogP contribution in [0.2, 0.25) is 0 Å². The van der Waals surface area contributed by atoms with Crippen LogP contribution in [0.15, 0.2) is 24.3 Å². The van der Waals surface area contributed by atoms with Gasteiger partial charge in [-0.25, -0.2) is 0 Å². The summed E-state index contributed by atoms with van der Waals surface area (Å²) in [7, 11) is 0. The van der Waals surface area contributed by atoms with E-state index < -0.39 is 0 Å². The van der Waals surface area contributed by atoms with Gasteiger partial charge in [-0.1, -0.05) is 6.92 Å². The minimum Gasteiger partial charge on any atom is -0.326 e. The molecular weight excluding hydrogens is 272 g/mol. The fraction of sp³-hybridized carbons (Fsp3) is 0.467. The van der Waals surface area contributed by atoms with Crippen molar-refractivity contribution in [2.24, 2.45) is 0 Å². The molecule has 0 bridgehead atoms. The Bertz CT molecular complexity index is 473. The molecule has 0 saturated carbocycles. The largest absolute Gasteiger partial charge is 0.326 e. The second-order valence-corrected chi connectivity index (χ2v) is 6.08. The first-order chi connectivity index (χ1) is 9.70. The van der Waals surface area contributed by atoms with Crippen LogP contribution in [0, 0.1) is 0 Å². The molecule has 20 heavy (non-hydrogen) atoms. The van der Waals surface area contributed by atoms with Crippen LogP contribution in [0.3, 0.4) is 0 Å². The molecule has 0 aromatic heterocycles. The van der Waals surface area contributed by atoms with Crippen LogP contribution < -0.4 is 10.2 Å². The Labute approximate surface area is 123 Å². The molecule has 0 atom stereocenters. The van der Waals surface area contributed by atoms with Gasteiger partial charge in [-0.3, -0.25) is 9.59 Å². The lowest BCUT2D eigenvalue weighted by Crippen LogP contribution is -2.23. The summed E-state index contributed by atoms with van der Waals surface area (Å²) in [6, 6.07) is 7.48. The van der Waals surface area contributed by atoms with Gasteiger partial charge >= 0.3 is 0 Å². The van der Waals surface area contributed by atoms with E-state index in [9.17, 15) is 9.59 Å². The lowest BCUT2D eigenvalue weighted by atomic mass is 10.2. The van der Waals surface area contributed by atoms with Crippen molar-refractivity contribution >= 4 is 35.0 Å². The van der Waals surface area contributed by atoms with Crippen molar-refractivity contribution in [3.63, 3.8) is 0 Å². The van der Waals surface area contributed by atoms with Gasteiger partial charge in [0.15, 0.2) is 0 Å². The van der Waals surface area contributed by atoms with E-state index in [1.165, 1.54) is 0 Å². The Balaban J connectivity index is 1.88. The summed E-state index contributed by atoms with van der Waals surface area (Å²) in [5.41, 5.74) is 1.69. The number of thioether (sulfide) groups is 1. The average Bonchev–Trinajstić information content (AvgIpc) is 2.86. The van der Waals surface area contributed by atoms with Gasteiger partial charge in [-0.05, 0) is 36.4 Å². The number of rotatable bonds is 6. The summed E-state index contributed by atoms with van der Waals surface area (Å²) in [6.07, 6.45) is 2.09. The molecule has 1 heterocycles. The van der Waals surface area contributed by atoms with E-state index in [-0.39, 0.29) is 11.8 Å². The summed E-state index contributed by atoms with van der Waals surface area (Å²) >= 11 is 1.76. The lowest BCUT2D eigenvalue weighted by Gasteiger charge is -2.16. The average molecular weight is 292 g/mol. The van der Waals surface area contributed by atoms with Crippen LogP contribution in [0.4, 0.5) is 11.4 Å². The van der Waals surface area contributed by atoms with Crippen molar-refractivity contribution in [3.05, 3.63) is 24.3 Å². The highest BCUT2D eigenvalue weighted by Crippen LogP contribution is 2.23. The monoisotopic (exact) mass is 292 g/mol. The fourth-order valence-electron chi connectivity index (χ4n) is 2.18. The van der Waals surface area contributed by atoms with E-state index in [0.717, 1.165) is 35.8 Å². The zero-order chi connectivity index (χ0) is 14.4. The molecule has 0 spiro atoms. The molecule has 5 heteroatoms. The van der Waals surface area contributed by atoms with Gasteiger partial charge in [0.1, 0.15) is 0 Å². The second kappa shape index (κ2) is 7.33. The number of benzene rings is 1. The lowest BCUT2D eigenvalue weighted by molar-refractivity contribution is -0.117. The Morgan fingerprint density at radius 3 is 2.70 bits per heavy atom. The first kappa shape index (κ1) is 14.9. The number of carbonyl (C=O) groups excluding carboxylic acids is 2. The topological polar surface area (TPSA) is 49.4 Å². The highest BCUT2D eigenvalue weighted by Gasteiger charge is 2.21. The van der Waals surface area contributed by atoms with Crippen molar-refractivity contribution in [2.75, 3.05) is 28.3 Å². The molecule has 1 aromatic rings. The second-order valence-electron chi connectivity index (χ2n) is 4.69. The normalized spacial score (nSPS) is 14.7. The van der Waals surface area contributed by atoms with Crippen molar-refractivity contribution in [3.8, 4) is 0 Å². The number of nitrogens with zero attached hydrogens (tertiary/aromatic N) is 1. The molecule has 108 valence electrons. The van der Waals surface area contributed by atoms with E-state index in [0.29, 0.717) is 12.8 Å². The Hall–Kier alpha value is -1.49. The third-order valence-electron chi connectivity index (χ3n) is 3.21. The SMILES string of the molecule is CCSCCC(=O)Nc1ccc(N2CCCC2=O)cc1. The quantitative estimate of drug-likeness (QED) is 0.820. The summed E-state index contributed by atoms with van der Waals surface area (Å²) in [6.45, 7) is 2.87. The van der Waals surface area contributed by atoms with Crippen molar-refractivity contribution in [2.45, 2.75) is 26.2 Å². The van der Waals surface area contributed by atoms with Crippen LogP contribution >= 0.6 is 11.8 Å². The fourth-order valence-corrected chi connectivity index (χ4v) is 2.80. The molecule has 2 rings (SSSR count). The van der Waals surface area contributed by atoms with Crippen LogP contribution in [-0.4, -0.2) is 29.9 Å². The van der Waals surface area contributed by atoms with Gasteiger partial charge in [-0.15, -0.1) is 0 Å². The van der Waals surface area contributed by atoms with Gasteiger partial charge < -0.3 is 10.2 Å². The molecule has 1 saturated heterocycles. The Morgan fingerprint density at radius 2 is 2.10 bits per heavy atom. The number of hydrogen-bond acceptors (Lipinski definition) is 3. The zero-order valence-electron chi connectivity index (χ0n) is 11.7. The van der Waals surface area contributed by atoms with Crippen molar-refractivity contribution in [1.29, 1.82) is 0 Å². The van der Waals surface area contributed by atoms with Crippen molar-refractivity contribution < 1.29 is 9.59 Å². The van der Waals surface area contributed by atoms with Crippen LogP contribution in [0.1, 0.15) is 26.2 Å². The molecule has 1 N–H and O–H groups in total. The first-order valence-corrected chi connectivity index (χ1v) is 8.14. The first-order valence-electron chi connectivity index (χ1n) is 6.98. The predicted octanol–water partition coefficient (Wildman–Crippen LogP) is 2.90. The zero-order valence-corrected chi connectivity index (χ0v) is 12.5. The highest BCUT2D eigenvalue weighted by atomic mass is 32.2. The number of amides is 2. The summed E-state index contributed by atoms with van der Waals surface area (Å²) < 4.78 is 0. The maximum Gasteiger partial charge on any atom is 0.227 e. The maximum absolute atomic E-state index is 11.7. The Kier molecular flexibility index (Phi) is 5.47. The molecule has 0 radical (unpaired) electrons. The molecule has 0 unspecified atom stereocenters. The minimum atomic E-state index is 0.0379. The maximum atomic E-state index is 11.7. The van der Waals surface area contributed by atoms with E-state index >= 15 is 0 Å². The third kappa shape index (κ3) is 4.00.